The molecule has 0 atom stereocenters. The van der Waals surface area contributed by atoms with Crippen LogP contribution in [0.5, 0.6) is 0 Å². The van der Waals surface area contributed by atoms with Gasteiger partial charge in [-0.25, -0.2) is 18.0 Å². The Balaban J connectivity index is 0.00000101. The Bertz CT molecular complexity index is 1670. The first-order chi connectivity index (χ1) is 20.3. The Morgan fingerprint density at radius 1 is 0.881 bits per heavy atom. The Labute approximate surface area is 240 Å². The number of benzene rings is 3. The molecule has 0 radical (unpaired) electrons. The van der Waals surface area contributed by atoms with Gasteiger partial charge in [-0.05, 0) is 54.3 Å². The van der Waals surface area contributed by atoms with Crippen LogP contribution in [0.15, 0.2) is 66.9 Å². The van der Waals surface area contributed by atoms with E-state index in [9.17, 15) is 18.0 Å². The van der Waals surface area contributed by atoms with Gasteiger partial charge in [-0.1, -0.05) is 30.3 Å². The number of hydrogen-bond acceptors (Lipinski definition) is 5. The van der Waals surface area contributed by atoms with E-state index in [1.54, 1.807) is 11.0 Å². The summed E-state index contributed by atoms with van der Waals surface area (Å²) in [6, 6.07) is 17.9. The van der Waals surface area contributed by atoms with Gasteiger partial charge in [0.1, 0.15) is 5.60 Å². The highest BCUT2D eigenvalue weighted by Crippen LogP contribution is 2.43. The molecule has 1 aliphatic carbocycles. The van der Waals surface area contributed by atoms with Gasteiger partial charge in [0.05, 0.1) is 6.54 Å². The number of fused-ring (bicyclic) bond motifs is 1. The SMILES string of the molecule is O=C1OC2(CCN(Cc3cn(C4CC4)c4cccc(-c5ccc(F)c(F)c5F)c34)CC2)CN1c1ccccc1.O=C=O. The van der Waals surface area contributed by atoms with E-state index in [0.29, 0.717) is 37.5 Å². The fourth-order valence-corrected chi connectivity index (χ4v) is 6.18. The predicted molar refractivity (Wildman–Crippen MR) is 148 cm³/mol. The molecule has 1 saturated carbocycles. The molecule has 1 aromatic heterocycles. The average molecular weight is 576 g/mol. The zero-order valence-electron chi connectivity index (χ0n) is 22.7. The molecule has 3 aromatic carbocycles. The average Bonchev–Trinajstić information content (AvgIpc) is 3.70. The van der Waals surface area contributed by atoms with Crippen LogP contribution in [0.25, 0.3) is 22.0 Å². The highest BCUT2D eigenvalue weighted by atomic mass is 19.2. The van der Waals surface area contributed by atoms with E-state index in [-0.39, 0.29) is 17.8 Å². The van der Waals surface area contributed by atoms with Crippen molar-refractivity contribution in [1.82, 2.24) is 9.47 Å². The van der Waals surface area contributed by atoms with Crippen LogP contribution in [0, 0.1) is 17.5 Å². The highest BCUT2D eigenvalue weighted by molar-refractivity contribution is 5.98. The normalized spacial score (nSPS) is 18.1. The standard InChI is InChI=1S/C31H28F3N3O2.CO2/c32-25-12-11-24(28(33)29(25)34)23-7-4-8-26-27(23)20(18-36(26)22-9-10-22)17-35-15-13-31(14-16-35)19-37(30(38)39-31)21-5-2-1-3-6-21;2-1-3/h1-8,11-12,18,22H,9-10,13-17,19H2;. The van der Waals surface area contributed by atoms with E-state index >= 15 is 0 Å². The molecule has 3 aliphatic rings. The number of anilines is 1. The number of para-hydroxylation sites is 1. The highest BCUT2D eigenvalue weighted by Gasteiger charge is 2.47. The van der Waals surface area contributed by atoms with Gasteiger partial charge in [0.2, 0.25) is 0 Å². The predicted octanol–water partition coefficient (Wildman–Crippen LogP) is 6.47. The van der Waals surface area contributed by atoms with E-state index < -0.39 is 23.1 Å². The maximum Gasteiger partial charge on any atom is 0.415 e. The molecule has 7 rings (SSSR count). The van der Waals surface area contributed by atoms with Crippen LogP contribution in [0.1, 0.15) is 37.3 Å². The first-order valence-corrected chi connectivity index (χ1v) is 13.9. The molecule has 42 heavy (non-hydrogen) atoms. The first kappa shape index (κ1) is 27.8. The van der Waals surface area contributed by atoms with Crippen molar-refractivity contribution in [2.75, 3.05) is 24.5 Å². The lowest BCUT2D eigenvalue weighted by atomic mass is 9.90. The number of amides is 1. The smallest absolute Gasteiger partial charge is 0.415 e. The molecule has 4 aromatic rings. The Morgan fingerprint density at radius 2 is 1.60 bits per heavy atom. The number of likely N-dealkylation sites (tertiary alicyclic amines) is 1. The summed E-state index contributed by atoms with van der Waals surface area (Å²) in [6.07, 6.45) is 5.69. The third-order valence-corrected chi connectivity index (χ3v) is 8.40. The summed E-state index contributed by atoms with van der Waals surface area (Å²) < 4.78 is 51.0. The van der Waals surface area contributed by atoms with Gasteiger partial charge < -0.3 is 9.30 Å². The molecular weight excluding hydrogens is 547 g/mol. The molecule has 0 N–H and O–H groups in total. The van der Waals surface area contributed by atoms with Crippen LogP contribution in [0.2, 0.25) is 0 Å². The number of carbonyl (C=O) groups excluding carboxylic acids is 3. The fourth-order valence-electron chi connectivity index (χ4n) is 6.18. The van der Waals surface area contributed by atoms with Crippen LogP contribution in [-0.4, -0.2) is 46.9 Å². The van der Waals surface area contributed by atoms with Crippen molar-refractivity contribution in [1.29, 1.82) is 0 Å². The molecule has 10 heteroatoms. The van der Waals surface area contributed by atoms with Gasteiger partial charge in [0.15, 0.2) is 17.5 Å². The quantitative estimate of drug-likeness (QED) is 0.255. The Kier molecular flexibility index (Phi) is 7.35. The minimum atomic E-state index is -1.45. The third-order valence-electron chi connectivity index (χ3n) is 8.40. The number of nitrogens with zero attached hydrogens (tertiary/aromatic N) is 3. The summed E-state index contributed by atoms with van der Waals surface area (Å²) in [4.78, 5) is 33.0. The van der Waals surface area contributed by atoms with Gasteiger partial charge >= 0.3 is 12.2 Å². The molecule has 3 fully saturated rings. The number of ether oxygens (including phenoxy) is 1. The summed E-state index contributed by atoms with van der Waals surface area (Å²) in [7, 11) is 0. The Morgan fingerprint density at radius 3 is 2.29 bits per heavy atom. The lowest BCUT2D eigenvalue weighted by molar-refractivity contribution is -0.191. The van der Waals surface area contributed by atoms with E-state index in [4.69, 9.17) is 14.3 Å². The van der Waals surface area contributed by atoms with Gasteiger partial charge in [-0.3, -0.25) is 9.80 Å². The van der Waals surface area contributed by atoms with Crippen LogP contribution in [0.4, 0.5) is 23.7 Å². The zero-order chi connectivity index (χ0) is 29.4. The van der Waals surface area contributed by atoms with Gasteiger partial charge in [0, 0.05) is 66.9 Å². The summed E-state index contributed by atoms with van der Waals surface area (Å²) in [6.45, 7) is 2.65. The van der Waals surface area contributed by atoms with Crippen molar-refractivity contribution >= 4 is 28.8 Å². The molecule has 0 bridgehead atoms. The fraction of sp³-hybridized carbons (Fsp3) is 0.312. The van der Waals surface area contributed by atoms with Crippen LogP contribution >= 0.6 is 0 Å². The largest absolute Gasteiger partial charge is 0.441 e. The number of halogens is 3. The molecule has 216 valence electrons. The number of hydrogen-bond donors (Lipinski definition) is 0. The van der Waals surface area contributed by atoms with E-state index in [1.165, 1.54) is 6.07 Å². The van der Waals surface area contributed by atoms with Crippen molar-refractivity contribution in [2.45, 2.75) is 43.9 Å². The molecule has 1 amide bonds. The molecule has 1 spiro atoms. The minimum Gasteiger partial charge on any atom is -0.441 e. The lowest BCUT2D eigenvalue weighted by Crippen LogP contribution is -2.46. The van der Waals surface area contributed by atoms with Crippen molar-refractivity contribution in [3.8, 4) is 11.1 Å². The molecule has 7 nitrogen and oxygen atoms in total. The number of rotatable bonds is 5. The molecule has 0 unspecified atom stereocenters. The second kappa shape index (κ2) is 11.1. The second-order valence-corrected chi connectivity index (χ2v) is 11.0. The summed E-state index contributed by atoms with van der Waals surface area (Å²) in [5, 5.41) is 0.872. The second-order valence-electron chi connectivity index (χ2n) is 11.0. The Hall–Kier alpha value is -4.40. The number of aromatic nitrogens is 1. The monoisotopic (exact) mass is 575 g/mol. The zero-order valence-corrected chi connectivity index (χ0v) is 22.7. The van der Waals surface area contributed by atoms with E-state index in [0.717, 1.165) is 54.2 Å². The van der Waals surface area contributed by atoms with Crippen LogP contribution in [-0.2, 0) is 20.9 Å². The molecule has 3 heterocycles. The maximum atomic E-state index is 14.9. The molecule has 2 aliphatic heterocycles. The van der Waals surface area contributed by atoms with Crippen molar-refractivity contribution in [2.24, 2.45) is 0 Å². The topological polar surface area (TPSA) is 71.8 Å². The van der Waals surface area contributed by atoms with Crippen molar-refractivity contribution in [3.63, 3.8) is 0 Å². The third kappa shape index (κ3) is 5.08. The van der Waals surface area contributed by atoms with Crippen molar-refractivity contribution < 1.29 is 32.3 Å². The van der Waals surface area contributed by atoms with Gasteiger partial charge in [0.25, 0.3) is 0 Å². The van der Waals surface area contributed by atoms with E-state index in [1.807, 2.05) is 42.5 Å². The minimum absolute atomic E-state index is 0.0609. The first-order valence-electron chi connectivity index (χ1n) is 13.9. The summed E-state index contributed by atoms with van der Waals surface area (Å²) in [5.74, 6) is -3.82. The lowest BCUT2D eigenvalue weighted by Gasteiger charge is -2.37. The van der Waals surface area contributed by atoms with E-state index in [2.05, 4.69) is 15.7 Å². The molecule has 2 saturated heterocycles. The van der Waals surface area contributed by atoms with Gasteiger partial charge in [-0.2, -0.15) is 9.59 Å². The van der Waals surface area contributed by atoms with Crippen molar-refractivity contribution in [3.05, 3.63) is 89.9 Å². The number of piperidine rings is 1. The molecular formula is C32H28F3N3O4. The van der Waals surface area contributed by atoms with Crippen LogP contribution < -0.4 is 4.90 Å². The van der Waals surface area contributed by atoms with Crippen LogP contribution in [0.3, 0.4) is 0 Å². The summed E-state index contributed by atoms with van der Waals surface area (Å²) in [5.41, 5.74) is 2.96. The number of carbonyl (C=O) groups is 1. The van der Waals surface area contributed by atoms with Gasteiger partial charge in [-0.15, -0.1) is 0 Å². The summed E-state index contributed by atoms with van der Waals surface area (Å²) >= 11 is 0. The maximum absolute atomic E-state index is 14.9.